The van der Waals surface area contributed by atoms with E-state index in [1.165, 1.54) is 51.4 Å². The minimum atomic E-state index is -0.805. The zero-order chi connectivity index (χ0) is 17.0. The Hall–Kier alpha value is 0.0600. The first-order valence-corrected chi connectivity index (χ1v) is 9.37. The predicted molar refractivity (Wildman–Crippen MR) is 101 cm³/mol. The number of rotatable bonds is 14. The maximum atomic E-state index is 11.2. The van der Waals surface area contributed by atoms with Crippen LogP contribution in [-0.2, 0) is 4.79 Å². The van der Waals surface area contributed by atoms with E-state index < -0.39 is 5.97 Å². The average Bonchev–Trinajstić information content (AvgIpc) is 2.87. The number of aliphatic imine (C=N–C) groups is 1. The molecule has 136 valence electrons. The second kappa shape index (κ2) is 14.3. The number of unbranched alkanes of at least 4 members (excludes halogenated alkanes) is 8. The van der Waals surface area contributed by atoms with Gasteiger partial charge in [0.15, 0.2) is 12.4 Å². The fraction of sp³-hybridized carbons (Fsp3) is 0.889. The molecule has 0 fully saturated rings. The molecular weight excluding hydrogens is 315 g/mol. The normalized spacial score (nSPS) is 19.8. The van der Waals surface area contributed by atoms with Gasteiger partial charge in [-0.15, -0.1) is 0 Å². The van der Waals surface area contributed by atoms with Gasteiger partial charge in [-0.1, -0.05) is 58.3 Å². The Labute approximate surface area is 169 Å². The SMILES string of the molecule is CCCCCCCCCCCC1=NCC[N+]1(CCO)CC(=O)O.[NaH]. The van der Waals surface area contributed by atoms with Crippen LogP contribution >= 0.6 is 0 Å². The quantitative estimate of drug-likeness (QED) is 0.287. The Morgan fingerprint density at radius 2 is 1.67 bits per heavy atom. The van der Waals surface area contributed by atoms with Crippen LogP contribution < -0.4 is 0 Å². The van der Waals surface area contributed by atoms with Crippen LogP contribution in [0.5, 0.6) is 0 Å². The van der Waals surface area contributed by atoms with Crippen LogP contribution in [0, 0.1) is 0 Å². The van der Waals surface area contributed by atoms with Gasteiger partial charge in [-0.2, -0.15) is 0 Å². The molecule has 0 bridgehead atoms. The Kier molecular flexibility index (Phi) is 14.3. The predicted octanol–water partition coefficient (Wildman–Crippen LogP) is 2.56. The van der Waals surface area contributed by atoms with Crippen LogP contribution in [0.15, 0.2) is 4.99 Å². The van der Waals surface area contributed by atoms with Gasteiger partial charge in [0.25, 0.3) is 0 Å². The molecule has 0 radical (unpaired) electrons. The summed E-state index contributed by atoms with van der Waals surface area (Å²) in [7, 11) is 0. The van der Waals surface area contributed by atoms with E-state index in [4.69, 9.17) is 5.11 Å². The first kappa shape index (κ1) is 24.1. The van der Waals surface area contributed by atoms with Gasteiger partial charge in [0.2, 0.25) is 0 Å². The summed E-state index contributed by atoms with van der Waals surface area (Å²) >= 11 is 0. The molecule has 1 heterocycles. The van der Waals surface area contributed by atoms with Crippen LogP contribution in [0.1, 0.15) is 71.1 Å². The summed E-state index contributed by atoms with van der Waals surface area (Å²) in [6, 6.07) is 0. The summed E-state index contributed by atoms with van der Waals surface area (Å²) < 4.78 is 0.364. The van der Waals surface area contributed by atoms with Gasteiger partial charge in [0, 0.05) is 6.42 Å². The Bertz CT molecular complexity index is 377. The van der Waals surface area contributed by atoms with Crippen molar-refractivity contribution in [1.82, 2.24) is 0 Å². The Morgan fingerprint density at radius 1 is 1.08 bits per heavy atom. The molecular formula is C18H36N2NaO3+. The number of carboxylic acids is 1. The number of aliphatic hydroxyl groups excluding tert-OH is 1. The number of nitrogens with zero attached hydrogens (tertiary/aromatic N) is 2. The topological polar surface area (TPSA) is 69.9 Å². The van der Waals surface area contributed by atoms with Gasteiger partial charge in [0.05, 0.1) is 13.2 Å². The first-order valence-electron chi connectivity index (χ1n) is 9.37. The molecule has 1 unspecified atom stereocenters. The van der Waals surface area contributed by atoms with Crippen molar-refractivity contribution in [2.45, 2.75) is 71.1 Å². The number of hydrogen-bond acceptors (Lipinski definition) is 3. The molecule has 0 aromatic carbocycles. The van der Waals surface area contributed by atoms with Gasteiger partial charge in [-0.3, -0.25) is 4.48 Å². The molecule has 6 heteroatoms. The van der Waals surface area contributed by atoms with E-state index in [0.29, 0.717) is 17.6 Å². The minimum absolute atomic E-state index is 0. The van der Waals surface area contributed by atoms with E-state index in [2.05, 4.69) is 11.9 Å². The van der Waals surface area contributed by atoms with E-state index in [-0.39, 0.29) is 42.7 Å². The molecule has 0 aromatic heterocycles. The van der Waals surface area contributed by atoms with E-state index in [0.717, 1.165) is 25.2 Å². The van der Waals surface area contributed by atoms with Gasteiger partial charge >= 0.3 is 35.5 Å². The summed E-state index contributed by atoms with van der Waals surface area (Å²) in [5.74, 6) is 0.185. The van der Waals surface area contributed by atoms with Crippen molar-refractivity contribution in [2.75, 3.05) is 32.8 Å². The van der Waals surface area contributed by atoms with Crippen molar-refractivity contribution in [3.05, 3.63) is 0 Å². The van der Waals surface area contributed by atoms with Crippen molar-refractivity contribution in [2.24, 2.45) is 4.99 Å². The number of carboxylic acid groups (broad SMARTS) is 1. The zero-order valence-electron chi connectivity index (χ0n) is 14.8. The number of hydrogen-bond donors (Lipinski definition) is 2. The molecule has 0 saturated carbocycles. The summed E-state index contributed by atoms with van der Waals surface area (Å²) in [6.07, 6.45) is 12.4. The van der Waals surface area contributed by atoms with Crippen molar-refractivity contribution < 1.29 is 19.5 Å². The number of amidine groups is 1. The second-order valence-electron chi connectivity index (χ2n) is 6.74. The maximum absolute atomic E-state index is 11.2. The van der Waals surface area contributed by atoms with E-state index in [1.807, 2.05) is 0 Å². The number of aliphatic hydroxyl groups is 1. The molecule has 1 atom stereocenters. The van der Waals surface area contributed by atoms with Crippen LogP contribution in [0.2, 0.25) is 0 Å². The first-order chi connectivity index (χ1) is 11.1. The fourth-order valence-corrected chi connectivity index (χ4v) is 3.50. The number of carbonyl (C=O) groups is 1. The van der Waals surface area contributed by atoms with Crippen LogP contribution in [0.3, 0.4) is 0 Å². The Balaban J connectivity index is 0.00000529. The fourth-order valence-electron chi connectivity index (χ4n) is 3.50. The third-order valence-electron chi connectivity index (χ3n) is 4.84. The summed E-state index contributed by atoms with van der Waals surface area (Å²) in [5.41, 5.74) is 0. The Morgan fingerprint density at radius 3 is 2.21 bits per heavy atom. The molecule has 0 aromatic rings. The average molecular weight is 351 g/mol. The van der Waals surface area contributed by atoms with E-state index in [1.54, 1.807) is 0 Å². The molecule has 0 amide bonds. The molecule has 1 rings (SSSR count). The van der Waals surface area contributed by atoms with Crippen LogP contribution in [-0.4, -0.2) is 88.8 Å². The second-order valence-corrected chi connectivity index (χ2v) is 6.74. The van der Waals surface area contributed by atoms with Crippen LogP contribution in [0.25, 0.3) is 0 Å². The molecule has 0 aliphatic carbocycles. The molecule has 2 N–H and O–H groups in total. The van der Waals surface area contributed by atoms with E-state index in [9.17, 15) is 9.90 Å². The van der Waals surface area contributed by atoms with Crippen molar-refractivity contribution in [3.63, 3.8) is 0 Å². The third-order valence-corrected chi connectivity index (χ3v) is 4.84. The van der Waals surface area contributed by atoms with Gasteiger partial charge < -0.3 is 10.2 Å². The van der Waals surface area contributed by atoms with Crippen molar-refractivity contribution in [3.8, 4) is 0 Å². The molecule has 1 aliphatic heterocycles. The third kappa shape index (κ3) is 8.95. The van der Waals surface area contributed by atoms with Crippen molar-refractivity contribution in [1.29, 1.82) is 0 Å². The van der Waals surface area contributed by atoms with Crippen LogP contribution in [0.4, 0.5) is 0 Å². The molecule has 1 aliphatic rings. The number of quaternary nitrogens is 1. The molecule has 0 saturated heterocycles. The van der Waals surface area contributed by atoms with Gasteiger partial charge in [0.1, 0.15) is 13.1 Å². The van der Waals surface area contributed by atoms with Crippen molar-refractivity contribution >= 4 is 41.4 Å². The van der Waals surface area contributed by atoms with Gasteiger partial charge in [-0.25, -0.2) is 9.79 Å². The van der Waals surface area contributed by atoms with Gasteiger partial charge in [-0.05, 0) is 6.42 Å². The summed E-state index contributed by atoms with van der Waals surface area (Å²) in [6.45, 7) is 4.20. The molecule has 24 heavy (non-hydrogen) atoms. The number of aliphatic carboxylic acids is 1. The standard InChI is InChI=1S/C18H34N2O3.Na.H/c1-2-3-4-5-6-7-8-9-10-11-17-19-12-13-20(17,14-15-21)16-18(22)23;;/h21H,2-16H2,1H3;;/p+1. The molecule has 0 spiro atoms. The zero-order valence-corrected chi connectivity index (χ0v) is 14.8. The monoisotopic (exact) mass is 351 g/mol. The van der Waals surface area contributed by atoms with E-state index >= 15 is 0 Å². The summed E-state index contributed by atoms with van der Waals surface area (Å²) in [5, 5.41) is 18.5. The summed E-state index contributed by atoms with van der Waals surface area (Å²) in [4.78, 5) is 15.7. The molecule has 5 nitrogen and oxygen atoms in total.